The van der Waals surface area contributed by atoms with Gasteiger partial charge in [0, 0.05) is 40.3 Å². The summed E-state index contributed by atoms with van der Waals surface area (Å²) in [6.07, 6.45) is 5.99. The Labute approximate surface area is 254 Å². The minimum atomic E-state index is -1.82. The predicted octanol–water partition coefficient (Wildman–Crippen LogP) is 5.04. The molecule has 0 spiro atoms. The van der Waals surface area contributed by atoms with E-state index >= 15 is 0 Å². The molecule has 3 atom stereocenters. The number of fused-ring (bicyclic) bond motifs is 1. The predicted molar refractivity (Wildman–Crippen MR) is 165 cm³/mol. The smallest absolute Gasteiger partial charge is 0.264 e. The van der Waals surface area contributed by atoms with Gasteiger partial charge in [-0.2, -0.15) is 0 Å². The monoisotopic (exact) mass is 631 g/mol. The van der Waals surface area contributed by atoms with E-state index < -0.39 is 17.4 Å². The van der Waals surface area contributed by atoms with Crippen molar-refractivity contribution in [3.05, 3.63) is 101 Å². The van der Waals surface area contributed by atoms with Gasteiger partial charge in [-0.25, -0.2) is 0 Å². The van der Waals surface area contributed by atoms with Crippen LogP contribution in [0.15, 0.2) is 89.4 Å². The maximum Gasteiger partial charge on any atom is 0.264 e. The van der Waals surface area contributed by atoms with Crippen LogP contribution in [0.2, 0.25) is 0 Å². The summed E-state index contributed by atoms with van der Waals surface area (Å²) in [6.45, 7) is 2.58. The molecule has 0 bridgehead atoms. The van der Waals surface area contributed by atoms with Crippen molar-refractivity contribution >= 4 is 51.2 Å². The molecule has 3 aromatic rings. The number of anilines is 3. The number of hydrogen-bond acceptors (Lipinski definition) is 5. The van der Waals surface area contributed by atoms with Crippen molar-refractivity contribution in [1.82, 2.24) is 4.90 Å². The van der Waals surface area contributed by atoms with Crippen LogP contribution in [-0.4, -0.2) is 52.5 Å². The second-order valence-electron chi connectivity index (χ2n) is 10.8. The molecular weight excluding hydrogens is 598 g/mol. The summed E-state index contributed by atoms with van der Waals surface area (Å²) in [5, 5.41) is 21.5. The molecule has 1 fully saturated rings. The molecular formula is C33H34BrN3O5. The van der Waals surface area contributed by atoms with Gasteiger partial charge in [0.15, 0.2) is 5.60 Å². The number of para-hydroxylation sites is 1. The Balaban J connectivity index is 1.34. The van der Waals surface area contributed by atoms with Gasteiger partial charge in [0.2, 0.25) is 12.3 Å². The average molecular weight is 633 g/mol. The lowest BCUT2D eigenvalue weighted by atomic mass is 9.83. The fourth-order valence-electron chi connectivity index (χ4n) is 5.86. The fourth-order valence-corrected chi connectivity index (χ4v) is 6.22. The number of carbonyl (C=O) groups excluding carboxylic acids is 3. The molecule has 42 heavy (non-hydrogen) atoms. The Morgan fingerprint density at radius 3 is 2.52 bits per heavy atom. The fraction of sp³-hybridized carbons (Fsp3) is 0.303. The molecule has 9 heteroatoms. The second kappa shape index (κ2) is 12.6. The van der Waals surface area contributed by atoms with E-state index in [9.17, 15) is 24.6 Å². The quantitative estimate of drug-likeness (QED) is 0.241. The summed E-state index contributed by atoms with van der Waals surface area (Å²) < 4.78 is 0.740. The van der Waals surface area contributed by atoms with Crippen molar-refractivity contribution in [2.24, 2.45) is 5.92 Å². The lowest BCUT2D eigenvalue weighted by molar-refractivity contribution is -0.139. The van der Waals surface area contributed by atoms with Crippen molar-refractivity contribution < 1.29 is 24.6 Å². The molecule has 2 aliphatic rings. The maximum atomic E-state index is 13.9. The lowest BCUT2D eigenvalue weighted by Gasteiger charge is -2.28. The summed E-state index contributed by atoms with van der Waals surface area (Å²) in [5.74, 6) is -1.13. The lowest BCUT2D eigenvalue weighted by Crippen LogP contribution is -2.44. The van der Waals surface area contributed by atoms with E-state index in [2.05, 4.69) is 15.9 Å². The van der Waals surface area contributed by atoms with E-state index in [4.69, 9.17) is 0 Å². The second-order valence-corrected chi connectivity index (χ2v) is 11.7. The summed E-state index contributed by atoms with van der Waals surface area (Å²) in [5.41, 5.74) is 1.58. The SMILES string of the molecule is C[C@@H](/C=C/CC(=O)N1CCC[C@H]1CO)[C@]1(O)C(=O)N(Cc2ccc(N(C=O)c3ccccc3)cc2)c2ccc(Br)cc21. The number of carbonyl (C=O) groups is 3. The number of benzene rings is 3. The van der Waals surface area contributed by atoms with Crippen LogP contribution in [0.3, 0.4) is 0 Å². The number of aliphatic hydroxyl groups is 2. The van der Waals surface area contributed by atoms with E-state index in [0.29, 0.717) is 23.5 Å². The molecule has 8 nitrogen and oxygen atoms in total. The minimum absolute atomic E-state index is 0.0489. The molecule has 0 unspecified atom stereocenters. The summed E-state index contributed by atoms with van der Waals surface area (Å²) in [6, 6.07) is 22.0. The zero-order valence-electron chi connectivity index (χ0n) is 23.4. The van der Waals surface area contributed by atoms with E-state index in [-0.39, 0.29) is 31.5 Å². The number of amides is 3. The highest BCUT2D eigenvalue weighted by Gasteiger charge is 2.52. The summed E-state index contributed by atoms with van der Waals surface area (Å²) >= 11 is 3.48. The van der Waals surface area contributed by atoms with Crippen molar-refractivity contribution in [1.29, 1.82) is 0 Å². The maximum absolute atomic E-state index is 13.9. The van der Waals surface area contributed by atoms with Gasteiger partial charge in [-0.3, -0.25) is 19.3 Å². The summed E-state index contributed by atoms with van der Waals surface area (Å²) in [4.78, 5) is 43.3. The molecule has 2 aliphatic heterocycles. The van der Waals surface area contributed by atoms with Gasteiger partial charge in [0.05, 0.1) is 24.9 Å². The van der Waals surface area contributed by atoms with Gasteiger partial charge in [-0.05, 0) is 60.9 Å². The number of aliphatic hydroxyl groups excluding tert-OH is 1. The Bertz CT molecular complexity index is 1480. The van der Waals surface area contributed by atoms with Gasteiger partial charge >= 0.3 is 0 Å². The van der Waals surface area contributed by atoms with Crippen LogP contribution in [0.5, 0.6) is 0 Å². The number of nitrogens with zero attached hydrogens (tertiary/aromatic N) is 3. The first-order valence-electron chi connectivity index (χ1n) is 14.1. The molecule has 1 saturated heterocycles. The molecule has 2 heterocycles. The molecule has 218 valence electrons. The third-order valence-corrected chi connectivity index (χ3v) is 8.70. The van der Waals surface area contributed by atoms with Gasteiger partial charge in [-0.15, -0.1) is 0 Å². The van der Waals surface area contributed by atoms with Crippen LogP contribution in [0.1, 0.15) is 37.3 Å². The minimum Gasteiger partial charge on any atom is -0.394 e. The number of likely N-dealkylation sites (tertiary alicyclic amines) is 1. The number of hydrogen-bond donors (Lipinski definition) is 2. The normalized spacial score (nSPS) is 20.7. The Kier molecular flexibility index (Phi) is 8.91. The number of halogens is 1. The highest BCUT2D eigenvalue weighted by atomic mass is 79.9. The molecule has 3 aromatic carbocycles. The van der Waals surface area contributed by atoms with Crippen LogP contribution in [-0.2, 0) is 26.5 Å². The van der Waals surface area contributed by atoms with Crippen molar-refractivity contribution in [2.45, 2.75) is 44.4 Å². The summed E-state index contributed by atoms with van der Waals surface area (Å²) in [7, 11) is 0. The topological polar surface area (TPSA) is 101 Å². The molecule has 0 radical (unpaired) electrons. The Morgan fingerprint density at radius 2 is 1.83 bits per heavy atom. The number of rotatable bonds is 10. The van der Waals surface area contributed by atoms with E-state index in [0.717, 1.165) is 35.0 Å². The first-order chi connectivity index (χ1) is 20.3. The zero-order chi connectivity index (χ0) is 29.9. The standard InChI is InChI=1S/C33H34BrN3O5/c1-23(7-5-11-31(40)35-18-6-10-28(35)21-38)33(42)29-19-25(34)14-17-30(29)36(32(33)41)20-24-12-15-27(16-13-24)37(22-39)26-8-3-2-4-9-26/h2-5,7-9,12-17,19,22-23,28,38,42H,6,10-11,18,20-21H2,1H3/b7-5+/t23-,28-,33+/m0/s1. The van der Waals surface area contributed by atoms with Gasteiger partial charge in [0.1, 0.15) is 0 Å². The van der Waals surface area contributed by atoms with Gasteiger partial charge < -0.3 is 20.0 Å². The largest absolute Gasteiger partial charge is 0.394 e. The van der Waals surface area contributed by atoms with Crippen LogP contribution < -0.4 is 9.80 Å². The van der Waals surface area contributed by atoms with E-state index in [1.807, 2.05) is 66.7 Å². The zero-order valence-corrected chi connectivity index (χ0v) is 25.0. The molecule has 0 aliphatic carbocycles. The Hall–Kier alpha value is -3.79. The van der Waals surface area contributed by atoms with E-state index in [1.165, 1.54) is 0 Å². The van der Waals surface area contributed by atoms with Gasteiger partial charge in [-0.1, -0.05) is 65.3 Å². The first kappa shape index (κ1) is 29.7. The molecule has 0 saturated carbocycles. The van der Waals surface area contributed by atoms with Crippen LogP contribution >= 0.6 is 15.9 Å². The Morgan fingerprint density at radius 1 is 1.12 bits per heavy atom. The molecule has 5 rings (SSSR count). The van der Waals surface area contributed by atoms with Gasteiger partial charge in [0.25, 0.3) is 5.91 Å². The van der Waals surface area contributed by atoms with Crippen molar-refractivity contribution in [2.75, 3.05) is 23.0 Å². The highest BCUT2D eigenvalue weighted by molar-refractivity contribution is 9.10. The van der Waals surface area contributed by atoms with Crippen molar-refractivity contribution in [3.8, 4) is 0 Å². The van der Waals surface area contributed by atoms with Crippen LogP contribution in [0.25, 0.3) is 0 Å². The van der Waals surface area contributed by atoms with Crippen LogP contribution in [0.4, 0.5) is 17.1 Å². The van der Waals surface area contributed by atoms with Crippen LogP contribution in [0, 0.1) is 5.92 Å². The van der Waals surface area contributed by atoms with E-state index in [1.54, 1.807) is 39.8 Å². The molecule has 0 aromatic heterocycles. The molecule has 3 amide bonds. The third kappa shape index (κ3) is 5.64. The first-order valence-corrected chi connectivity index (χ1v) is 14.9. The van der Waals surface area contributed by atoms with Crippen molar-refractivity contribution in [3.63, 3.8) is 0 Å². The highest BCUT2D eigenvalue weighted by Crippen LogP contribution is 2.46. The average Bonchev–Trinajstić information content (AvgIpc) is 3.57. The third-order valence-electron chi connectivity index (χ3n) is 8.21. The molecule has 2 N–H and O–H groups in total.